The summed E-state index contributed by atoms with van der Waals surface area (Å²) in [4.78, 5) is 19.8. The SMILES string of the molecule is Cc1ccc(C)c(CC(=O)N2CCC(c3nc(C4OCc5cccc(OS(C)(=O)=O)c5CO4)cs3)CC2)c1. The Morgan fingerprint density at radius 3 is 2.66 bits per heavy atom. The molecule has 0 N–H and O–H groups in total. The average Bonchev–Trinajstić information content (AvgIpc) is 3.26. The highest BCUT2D eigenvalue weighted by molar-refractivity contribution is 7.86. The molecule has 2 aliphatic rings. The topological polar surface area (TPSA) is 95.0 Å². The van der Waals surface area contributed by atoms with Gasteiger partial charge in [-0.05, 0) is 49.4 Å². The van der Waals surface area contributed by atoms with Gasteiger partial charge in [0.05, 0.1) is 30.9 Å². The van der Waals surface area contributed by atoms with E-state index in [1.807, 2.05) is 16.3 Å². The number of piperidine rings is 1. The molecule has 0 spiro atoms. The van der Waals surface area contributed by atoms with Crippen molar-refractivity contribution in [1.82, 2.24) is 9.88 Å². The molecule has 2 aromatic carbocycles. The number of likely N-dealkylation sites (tertiary alicyclic amines) is 1. The fourth-order valence-electron chi connectivity index (χ4n) is 4.93. The quantitative estimate of drug-likeness (QED) is 0.403. The van der Waals surface area contributed by atoms with Crippen LogP contribution in [0.4, 0.5) is 0 Å². The van der Waals surface area contributed by atoms with Crippen molar-refractivity contribution in [2.45, 2.75) is 58.5 Å². The Labute approximate surface area is 227 Å². The summed E-state index contributed by atoms with van der Waals surface area (Å²) < 4.78 is 40.4. The first-order valence-corrected chi connectivity index (χ1v) is 15.4. The second-order valence-electron chi connectivity index (χ2n) is 10.0. The highest BCUT2D eigenvalue weighted by Gasteiger charge is 2.28. The van der Waals surface area contributed by atoms with E-state index in [9.17, 15) is 13.2 Å². The minimum absolute atomic E-state index is 0.152. The molecular formula is C28H32N2O6S2. The number of aryl methyl sites for hydroxylation is 2. The number of aromatic nitrogens is 1. The van der Waals surface area contributed by atoms with Gasteiger partial charge in [0.15, 0.2) is 0 Å². The molecule has 38 heavy (non-hydrogen) atoms. The van der Waals surface area contributed by atoms with Crippen molar-refractivity contribution in [1.29, 1.82) is 0 Å². The van der Waals surface area contributed by atoms with Gasteiger partial charge in [0.2, 0.25) is 12.2 Å². The third-order valence-corrected chi connectivity index (χ3v) is 8.57. The number of benzene rings is 2. The summed E-state index contributed by atoms with van der Waals surface area (Å²) in [6.45, 7) is 5.96. The lowest BCUT2D eigenvalue weighted by Crippen LogP contribution is -2.38. The van der Waals surface area contributed by atoms with E-state index in [0.29, 0.717) is 17.7 Å². The van der Waals surface area contributed by atoms with Crippen molar-refractivity contribution in [3.63, 3.8) is 0 Å². The number of fused-ring (bicyclic) bond motifs is 1. The Hall–Kier alpha value is -2.79. The molecule has 3 aromatic rings. The standard InChI is InChI=1S/C28H32N2O6S2/c1-18-7-8-19(2)22(13-18)14-26(31)30-11-9-20(10-12-30)27-29-24(17-37-27)28-34-15-21-5-4-6-25(23(21)16-35-28)36-38(3,32)33/h4-8,13,17,20,28H,9-12,14-16H2,1-3H3. The fraction of sp³-hybridized carbons (Fsp3) is 0.429. The van der Waals surface area contributed by atoms with Crippen molar-refractivity contribution in [3.8, 4) is 5.75 Å². The van der Waals surface area contributed by atoms with Crippen LogP contribution in [0.1, 0.15) is 63.6 Å². The van der Waals surface area contributed by atoms with E-state index in [-0.39, 0.29) is 30.8 Å². The second-order valence-corrected chi connectivity index (χ2v) is 12.5. The smallest absolute Gasteiger partial charge is 0.306 e. The fourth-order valence-corrected chi connectivity index (χ4v) is 6.41. The van der Waals surface area contributed by atoms with Crippen molar-refractivity contribution < 1.29 is 26.9 Å². The minimum atomic E-state index is -3.66. The maximum atomic E-state index is 12.9. The van der Waals surface area contributed by atoms with Crippen LogP contribution in [0.3, 0.4) is 0 Å². The molecule has 1 saturated heterocycles. The van der Waals surface area contributed by atoms with Crippen LogP contribution in [0.5, 0.6) is 5.75 Å². The van der Waals surface area contributed by atoms with E-state index >= 15 is 0 Å². The van der Waals surface area contributed by atoms with Gasteiger partial charge < -0.3 is 18.6 Å². The lowest BCUT2D eigenvalue weighted by Gasteiger charge is -2.31. The first kappa shape index (κ1) is 26.8. The van der Waals surface area contributed by atoms with Gasteiger partial charge in [-0.2, -0.15) is 8.42 Å². The van der Waals surface area contributed by atoms with Crippen LogP contribution < -0.4 is 4.18 Å². The van der Waals surface area contributed by atoms with Crippen molar-refractivity contribution >= 4 is 27.4 Å². The number of thiazole rings is 1. The van der Waals surface area contributed by atoms with Gasteiger partial charge in [0.25, 0.3) is 0 Å². The number of carbonyl (C=O) groups is 1. The maximum absolute atomic E-state index is 12.9. The van der Waals surface area contributed by atoms with Crippen LogP contribution in [0.15, 0.2) is 41.8 Å². The average molecular weight is 557 g/mol. The largest absolute Gasteiger partial charge is 0.382 e. The van der Waals surface area contributed by atoms with Gasteiger partial charge >= 0.3 is 10.1 Å². The van der Waals surface area contributed by atoms with Crippen molar-refractivity contribution in [3.05, 3.63) is 80.3 Å². The molecule has 1 fully saturated rings. The summed E-state index contributed by atoms with van der Waals surface area (Å²) in [5.41, 5.74) is 5.61. The Balaban J connectivity index is 1.18. The summed E-state index contributed by atoms with van der Waals surface area (Å²) in [5.74, 6) is 0.722. The molecule has 0 bridgehead atoms. The van der Waals surface area contributed by atoms with E-state index in [1.54, 1.807) is 23.5 Å². The predicted molar refractivity (Wildman–Crippen MR) is 145 cm³/mol. The van der Waals surface area contributed by atoms with Gasteiger partial charge in [0, 0.05) is 30.0 Å². The van der Waals surface area contributed by atoms with Crippen molar-refractivity contribution in [2.75, 3.05) is 19.3 Å². The third-order valence-electron chi connectivity index (χ3n) is 7.06. The van der Waals surface area contributed by atoms with E-state index in [0.717, 1.165) is 53.9 Å². The molecule has 10 heteroatoms. The van der Waals surface area contributed by atoms with E-state index in [4.69, 9.17) is 18.6 Å². The monoisotopic (exact) mass is 556 g/mol. The molecule has 5 rings (SSSR count). The van der Waals surface area contributed by atoms with Crippen LogP contribution in [-0.4, -0.2) is 43.6 Å². The van der Waals surface area contributed by atoms with Gasteiger partial charge in [-0.25, -0.2) is 4.98 Å². The summed E-state index contributed by atoms with van der Waals surface area (Å²) in [6.07, 6.45) is 2.55. The van der Waals surface area contributed by atoms with Crippen LogP contribution in [0.25, 0.3) is 0 Å². The normalized spacial score (nSPS) is 18.6. The Morgan fingerprint density at radius 2 is 1.89 bits per heavy atom. The molecule has 0 aliphatic carbocycles. The molecule has 1 unspecified atom stereocenters. The number of hydrogen-bond donors (Lipinski definition) is 0. The molecule has 2 aliphatic heterocycles. The van der Waals surface area contributed by atoms with E-state index in [1.165, 1.54) is 5.56 Å². The summed E-state index contributed by atoms with van der Waals surface area (Å²) in [6, 6.07) is 11.5. The number of rotatable bonds is 6. The summed E-state index contributed by atoms with van der Waals surface area (Å²) in [5, 5.41) is 2.98. The molecule has 0 radical (unpaired) electrons. The maximum Gasteiger partial charge on any atom is 0.306 e. The summed E-state index contributed by atoms with van der Waals surface area (Å²) in [7, 11) is -3.66. The number of amides is 1. The van der Waals surface area contributed by atoms with Crippen LogP contribution in [0.2, 0.25) is 0 Å². The number of nitrogens with zero attached hydrogens (tertiary/aromatic N) is 2. The van der Waals surface area contributed by atoms with Gasteiger partial charge in [-0.3, -0.25) is 4.79 Å². The van der Waals surface area contributed by atoms with Gasteiger partial charge in [-0.1, -0.05) is 35.9 Å². The van der Waals surface area contributed by atoms with Crippen molar-refractivity contribution in [2.24, 2.45) is 0 Å². The molecule has 1 atom stereocenters. The first-order valence-electron chi connectivity index (χ1n) is 12.7. The zero-order valence-corrected chi connectivity index (χ0v) is 23.4. The lowest BCUT2D eigenvalue weighted by molar-refractivity contribution is -0.155. The van der Waals surface area contributed by atoms with Gasteiger partial charge in [0.1, 0.15) is 11.4 Å². The third kappa shape index (κ3) is 6.26. The summed E-state index contributed by atoms with van der Waals surface area (Å²) >= 11 is 1.59. The molecular weight excluding hydrogens is 524 g/mol. The Bertz CT molecular complexity index is 1430. The second kappa shape index (κ2) is 11.1. The number of hydrogen-bond acceptors (Lipinski definition) is 8. The predicted octanol–water partition coefficient (Wildman–Crippen LogP) is 4.79. The molecule has 1 aromatic heterocycles. The highest BCUT2D eigenvalue weighted by Crippen LogP contribution is 2.36. The molecule has 1 amide bonds. The number of ether oxygens (including phenoxy) is 2. The zero-order valence-electron chi connectivity index (χ0n) is 21.8. The minimum Gasteiger partial charge on any atom is -0.382 e. The molecule has 3 heterocycles. The van der Waals surface area contributed by atoms with Crippen LogP contribution in [0, 0.1) is 13.8 Å². The Morgan fingerprint density at radius 1 is 1.13 bits per heavy atom. The first-order chi connectivity index (χ1) is 18.2. The highest BCUT2D eigenvalue weighted by atomic mass is 32.2. The lowest BCUT2D eigenvalue weighted by atomic mass is 9.96. The van der Waals surface area contributed by atoms with E-state index < -0.39 is 16.4 Å². The Kier molecular flexibility index (Phi) is 7.85. The van der Waals surface area contributed by atoms with Crippen LogP contribution >= 0.6 is 11.3 Å². The number of carbonyl (C=O) groups excluding carboxylic acids is 1. The molecule has 202 valence electrons. The van der Waals surface area contributed by atoms with Gasteiger partial charge in [-0.15, -0.1) is 11.3 Å². The molecule has 8 nitrogen and oxygen atoms in total. The van der Waals surface area contributed by atoms with E-state index in [2.05, 4.69) is 32.0 Å². The zero-order chi connectivity index (χ0) is 26.9. The molecule has 0 saturated carbocycles. The van der Waals surface area contributed by atoms with Crippen LogP contribution in [-0.2, 0) is 44.0 Å².